The lowest BCUT2D eigenvalue weighted by atomic mass is 10.1. The van der Waals surface area contributed by atoms with Gasteiger partial charge in [-0.1, -0.05) is 36.4 Å². The lowest BCUT2D eigenvalue weighted by Crippen LogP contribution is -2.42. The maximum atomic E-state index is 13.7. The standard InChI is InChI=1S/C23H20FN3O4S/c1-15-13-16-7-2-5-12-21(16)27(15)32(30,31)18-9-6-8-17(14-18)22(28)25-26-23(29)19-10-3-4-11-20(19)24/h2-12,14-15H,13H2,1H3,(H,25,28)(H,26,29)/t15-/m1/s1. The van der Waals surface area contributed by atoms with Gasteiger partial charge in [-0.3, -0.25) is 24.7 Å². The number of sulfonamides is 1. The molecule has 1 aliphatic heterocycles. The molecule has 1 aliphatic rings. The van der Waals surface area contributed by atoms with Crippen LogP contribution in [0.5, 0.6) is 0 Å². The van der Waals surface area contributed by atoms with Crippen molar-refractivity contribution in [3.05, 3.63) is 95.3 Å². The van der Waals surface area contributed by atoms with Crippen molar-refractivity contribution in [1.82, 2.24) is 10.9 Å². The predicted octanol–water partition coefficient (Wildman–Crippen LogP) is 3.04. The molecule has 2 N–H and O–H groups in total. The third kappa shape index (κ3) is 3.94. The summed E-state index contributed by atoms with van der Waals surface area (Å²) in [5.74, 6) is -2.29. The van der Waals surface area contributed by atoms with E-state index >= 15 is 0 Å². The van der Waals surface area contributed by atoms with E-state index in [1.165, 1.54) is 46.8 Å². The van der Waals surface area contributed by atoms with Crippen LogP contribution in [0.1, 0.15) is 33.2 Å². The predicted molar refractivity (Wildman–Crippen MR) is 117 cm³/mol. The lowest BCUT2D eigenvalue weighted by Gasteiger charge is -2.24. The monoisotopic (exact) mass is 453 g/mol. The normalized spacial score (nSPS) is 15.2. The largest absolute Gasteiger partial charge is 0.272 e. The molecule has 9 heteroatoms. The molecule has 3 aromatic carbocycles. The number of para-hydroxylation sites is 1. The summed E-state index contributed by atoms with van der Waals surface area (Å²) in [4.78, 5) is 24.5. The molecule has 164 valence electrons. The smallest absolute Gasteiger partial charge is 0.267 e. The quantitative estimate of drug-likeness (QED) is 0.594. The summed E-state index contributed by atoms with van der Waals surface area (Å²) >= 11 is 0. The third-order valence-corrected chi connectivity index (χ3v) is 7.13. The fourth-order valence-electron chi connectivity index (χ4n) is 3.71. The number of nitrogens with one attached hydrogen (secondary N) is 2. The maximum absolute atomic E-state index is 13.7. The summed E-state index contributed by atoms with van der Waals surface area (Å²) in [5.41, 5.74) is 5.67. The number of halogens is 1. The van der Waals surface area contributed by atoms with E-state index in [2.05, 4.69) is 10.9 Å². The van der Waals surface area contributed by atoms with Crippen molar-refractivity contribution in [3.63, 3.8) is 0 Å². The number of fused-ring (bicyclic) bond motifs is 1. The lowest BCUT2D eigenvalue weighted by molar-refractivity contribution is 0.0844. The molecule has 0 spiro atoms. The van der Waals surface area contributed by atoms with Crippen molar-refractivity contribution in [2.24, 2.45) is 0 Å². The Morgan fingerprint density at radius 3 is 2.41 bits per heavy atom. The SMILES string of the molecule is C[C@@H]1Cc2ccccc2N1S(=O)(=O)c1cccc(C(=O)NNC(=O)c2ccccc2F)c1. The molecule has 2 amide bonds. The number of hydrogen-bond donors (Lipinski definition) is 2. The Labute approximate surface area is 184 Å². The van der Waals surface area contributed by atoms with E-state index in [9.17, 15) is 22.4 Å². The average Bonchev–Trinajstić information content (AvgIpc) is 3.14. The van der Waals surface area contributed by atoms with E-state index < -0.39 is 27.7 Å². The van der Waals surface area contributed by atoms with Crippen molar-refractivity contribution in [2.45, 2.75) is 24.3 Å². The van der Waals surface area contributed by atoms with Gasteiger partial charge in [0.15, 0.2) is 0 Å². The van der Waals surface area contributed by atoms with Crippen LogP contribution in [-0.2, 0) is 16.4 Å². The van der Waals surface area contributed by atoms with Crippen LogP contribution in [0.2, 0.25) is 0 Å². The molecule has 0 saturated heterocycles. The van der Waals surface area contributed by atoms with Crippen LogP contribution in [0.25, 0.3) is 0 Å². The summed E-state index contributed by atoms with van der Waals surface area (Å²) in [5, 5.41) is 0. The number of hydrazine groups is 1. The first-order valence-corrected chi connectivity index (χ1v) is 11.3. The van der Waals surface area contributed by atoms with Crippen LogP contribution in [0.15, 0.2) is 77.7 Å². The Hall–Kier alpha value is -3.72. The van der Waals surface area contributed by atoms with E-state index in [4.69, 9.17) is 0 Å². The number of amides is 2. The van der Waals surface area contributed by atoms with Gasteiger partial charge in [-0.15, -0.1) is 0 Å². The third-order valence-electron chi connectivity index (χ3n) is 5.21. The highest BCUT2D eigenvalue weighted by Gasteiger charge is 2.36. The average molecular weight is 453 g/mol. The molecular weight excluding hydrogens is 433 g/mol. The number of carbonyl (C=O) groups excluding carboxylic acids is 2. The molecule has 0 radical (unpaired) electrons. The summed E-state index contributed by atoms with van der Waals surface area (Å²) in [6, 6.07) is 17.9. The highest BCUT2D eigenvalue weighted by molar-refractivity contribution is 7.92. The Bertz CT molecular complexity index is 1310. The topological polar surface area (TPSA) is 95.6 Å². The van der Waals surface area contributed by atoms with E-state index in [0.717, 1.165) is 11.6 Å². The van der Waals surface area contributed by atoms with E-state index in [1.54, 1.807) is 12.1 Å². The van der Waals surface area contributed by atoms with Gasteiger partial charge in [0, 0.05) is 11.6 Å². The van der Waals surface area contributed by atoms with E-state index in [0.29, 0.717) is 12.1 Å². The molecule has 1 heterocycles. The Morgan fingerprint density at radius 1 is 0.938 bits per heavy atom. The number of hydrogen-bond acceptors (Lipinski definition) is 4. The number of nitrogens with zero attached hydrogens (tertiary/aromatic N) is 1. The van der Waals surface area contributed by atoms with Gasteiger partial charge < -0.3 is 0 Å². The second kappa shape index (κ2) is 8.43. The number of carbonyl (C=O) groups is 2. The molecular formula is C23H20FN3O4S. The van der Waals surface area contributed by atoms with Crippen LogP contribution in [0.4, 0.5) is 10.1 Å². The Balaban J connectivity index is 1.54. The zero-order chi connectivity index (χ0) is 22.9. The van der Waals surface area contributed by atoms with Crippen molar-refractivity contribution < 1.29 is 22.4 Å². The molecule has 3 aromatic rings. The minimum absolute atomic E-state index is 0.0278. The number of rotatable bonds is 4. The van der Waals surface area contributed by atoms with Gasteiger partial charge in [-0.2, -0.15) is 0 Å². The van der Waals surface area contributed by atoms with Crippen molar-refractivity contribution >= 4 is 27.5 Å². The summed E-state index contributed by atoms with van der Waals surface area (Å²) in [7, 11) is -3.92. The fourth-order valence-corrected chi connectivity index (χ4v) is 5.45. The molecule has 1 atom stereocenters. The fraction of sp³-hybridized carbons (Fsp3) is 0.130. The molecule has 0 bridgehead atoms. The molecule has 0 fully saturated rings. The Kier molecular flexibility index (Phi) is 5.67. The van der Waals surface area contributed by atoms with Crippen LogP contribution in [0, 0.1) is 5.82 Å². The molecule has 32 heavy (non-hydrogen) atoms. The summed E-state index contributed by atoms with van der Waals surface area (Å²) in [6.07, 6.45) is 0.595. The molecule has 0 saturated carbocycles. The first kappa shape index (κ1) is 21.5. The van der Waals surface area contributed by atoms with Gasteiger partial charge in [0.05, 0.1) is 16.1 Å². The van der Waals surface area contributed by atoms with Crippen LogP contribution < -0.4 is 15.2 Å². The molecule has 0 aliphatic carbocycles. The number of benzene rings is 3. The molecule has 7 nitrogen and oxygen atoms in total. The molecule has 0 aromatic heterocycles. The van der Waals surface area contributed by atoms with Gasteiger partial charge in [-0.25, -0.2) is 12.8 Å². The molecule has 4 rings (SSSR count). The van der Waals surface area contributed by atoms with Crippen LogP contribution in [0.3, 0.4) is 0 Å². The molecule has 0 unspecified atom stereocenters. The van der Waals surface area contributed by atoms with Gasteiger partial charge in [0.2, 0.25) is 0 Å². The first-order valence-electron chi connectivity index (χ1n) is 9.86. The zero-order valence-electron chi connectivity index (χ0n) is 17.1. The second-order valence-corrected chi connectivity index (χ2v) is 9.21. The van der Waals surface area contributed by atoms with Crippen molar-refractivity contribution in [3.8, 4) is 0 Å². The van der Waals surface area contributed by atoms with Gasteiger partial charge >= 0.3 is 0 Å². The second-order valence-electron chi connectivity index (χ2n) is 7.40. The van der Waals surface area contributed by atoms with Gasteiger partial charge in [0.25, 0.3) is 21.8 Å². The Morgan fingerprint density at radius 2 is 1.62 bits per heavy atom. The van der Waals surface area contributed by atoms with Crippen LogP contribution in [-0.4, -0.2) is 26.3 Å². The maximum Gasteiger partial charge on any atom is 0.272 e. The van der Waals surface area contributed by atoms with Gasteiger partial charge in [0.1, 0.15) is 5.82 Å². The van der Waals surface area contributed by atoms with Crippen LogP contribution >= 0.6 is 0 Å². The first-order chi connectivity index (χ1) is 15.3. The summed E-state index contributed by atoms with van der Waals surface area (Å²) in [6.45, 7) is 1.83. The zero-order valence-corrected chi connectivity index (χ0v) is 17.9. The summed E-state index contributed by atoms with van der Waals surface area (Å²) < 4.78 is 41.8. The van der Waals surface area contributed by atoms with E-state index in [1.807, 2.05) is 19.1 Å². The highest BCUT2D eigenvalue weighted by Crippen LogP contribution is 2.36. The number of anilines is 1. The minimum Gasteiger partial charge on any atom is -0.267 e. The van der Waals surface area contributed by atoms with Crippen molar-refractivity contribution in [2.75, 3.05) is 4.31 Å². The van der Waals surface area contributed by atoms with Crippen molar-refractivity contribution in [1.29, 1.82) is 0 Å². The minimum atomic E-state index is -3.92. The van der Waals surface area contributed by atoms with Gasteiger partial charge in [-0.05, 0) is 55.3 Å². The highest BCUT2D eigenvalue weighted by atomic mass is 32.2. The van der Waals surface area contributed by atoms with E-state index in [-0.39, 0.29) is 22.1 Å².